The molecule has 1 fully saturated rings. The minimum Gasteiger partial charge on any atom is -0.378 e. The molecular weight excluding hydrogens is 402 g/mol. The number of hydrogen-bond donors (Lipinski definition) is 0. The van der Waals surface area contributed by atoms with Gasteiger partial charge >= 0.3 is 0 Å². The molecule has 0 amide bonds. The highest BCUT2D eigenvalue weighted by molar-refractivity contribution is 5.68. The number of rotatable bonds is 8. The summed E-state index contributed by atoms with van der Waals surface area (Å²) < 4.78 is 49.1. The first-order valence-corrected chi connectivity index (χ1v) is 10.8. The molecule has 0 bridgehead atoms. The first-order chi connectivity index (χ1) is 15.0. The lowest BCUT2D eigenvalue weighted by Crippen LogP contribution is -2.17. The van der Waals surface area contributed by atoms with Crippen molar-refractivity contribution in [1.82, 2.24) is 9.38 Å². The van der Waals surface area contributed by atoms with Gasteiger partial charge in [-0.05, 0) is 49.6 Å². The topological polar surface area (TPSA) is 45.0 Å². The molecule has 2 aromatic heterocycles. The molecule has 5 nitrogen and oxygen atoms in total. The lowest BCUT2D eigenvalue weighted by molar-refractivity contribution is -0.0444. The Morgan fingerprint density at radius 1 is 1.16 bits per heavy atom. The van der Waals surface area contributed by atoms with Crippen LogP contribution in [0.15, 0.2) is 30.5 Å². The van der Waals surface area contributed by atoms with Gasteiger partial charge in [0.25, 0.3) is 0 Å². The molecule has 1 atom stereocenters. The molecule has 0 N–H and O–H groups in total. The first kappa shape index (κ1) is 21.9. The molecule has 0 aliphatic carbocycles. The Kier molecular flexibility index (Phi) is 6.65. The Morgan fingerprint density at radius 3 is 2.52 bits per heavy atom. The van der Waals surface area contributed by atoms with E-state index in [4.69, 9.17) is 14.2 Å². The van der Waals surface area contributed by atoms with Crippen molar-refractivity contribution >= 4 is 5.65 Å². The number of fused-ring (bicyclic) bond motifs is 1. The molecule has 0 spiro atoms. The number of halogens is 2. The van der Waals surface area contributed by atoms with Crippen LogP contribution >= 0.6 is 0 Å². The van der Waals surface area contributed by atoms with E-state index in [2.05, 4.69) is 11.9 Å². The summed E-state index contributed by atoms with van der Waals surface area (Å²) in [5.74, 6) is -1.36. The SMILES string of the molecule is CCCOC(CC)Cc1c(-c2c(F)cc(C3OCCO3)cc2F)nc2cc(C)ccn12. The molecule has 1 aliphatic heterocycles. The molecule has 0 saturated carbocycles. The number of pyridine rings is 1. The third-order valence-corrected chi connectivity index (χ3v) is 5.51. The number of hydrogen-bond acceptors (Lipinski definition) is 4. The summed E-state index contributed by atoms with van der Waals surface area (Å²) in [5, 5.41) is 0. The highest BCUT2D eigenvalue weighted by atomic mass is 19.1. The second-order valence-electron chi connectivity index (χ2n) is 7.88. The largest absolute Gasteiger partial charge is 0.378 e. The van der Waals surface area contributed by atoms with Gasteiger partial charge in [-0.15, -0.1) is 0 Å². The van der Waals surface area contributed by atoms with E-state index in [1.807, 2.05) is 36.6 Å². The van der Waals surface area contributed by atoms with Crippen LogP contribution in [0.5, 0.6) is 0 Å². The van der Waals surface area contributed by atoms with Gasteiger partial charge in [0, 0.05) is 24.8 Å². The number of aromatic nitrogens is 2. The van der Waals surface area contributed by atoms with Gasteiger partial charge < -0.3 is 18.6 Å². The van der Waals surface area contributed by atoms with Crippen LogP contribution < -0.4 is 0 Å². The van der Waals surface area contributed by atoms with Gasteiger partial charge in [-0.3, -0.25) is 0 Å². The predicted molar refractivity (Wildman–Crippen MR) is 114 cm³/mol. The zero-order valence-electron chi connectivity index (χ0n) is 18.2. The molecule has 1 saturated heterocycles. The summed E-state index contributed by atoms with van der Waals surface area (Å²) in [6, 6.07) is 6.42. The Balaban J connectivity index is 1.81. The Morgan fingerprint density at radius 2 is 1.87 bits per heavy atom. The van der Waals surface area contributed by atoms with E-state index in [0.29, 0.717) is 43.1 Å². The fraction of sp³-hybridized carbons (Fsp3) is 0.458. The summed E-state index contributed by atoms with van der Waals surface area (Å²) in [7, 11) is 0. The lowest BCUT2D eigenvalue weighted by atomic mass is 10.0. The number of imidazole rings is 1. The van der Waals surface area contributed by atoms with Gasteiger partial charge in [0.15, 0.2) is 6.29 Å². The van der Waals surface area contributed by atoms with E-state index in [1.165, 1.54) is 12.1 Å². The van der Waals surface area contributed by atoms with Crippen LogP contribution in [0, 0.1) is 18.6 Å². The van der Waals surface area contributed by atoms with Crippen molar-refractivity contribution in [1.29, 1.82) is 0 Å². The van der Waals surface area contributed by atoms with E-state index < -0.39 is 17.9 Å². The number of nitrogens with zero attached hydrogens (tertiary/aromatic N) is 2. The van der Waals surface area contributed by atoms with Crippen LogP contribution in [-0.4, -0.2) is 35.3 Å². The third kappa shape index (κ3) is 4.49. The Hall–Kier alpha value is -2.35. The van der Waals surface area contributed by atoms with E-state index >= 15 is 8.78 Å². The first-order valence-electron chi connectivity index (χ1n) is 10.8. The van der Waals surface area contributed by atoms with Crippen LogP contribution in [0.4, 0.5) is 8.78 Å². The normalized spacial score (nSPS) is 15.8. The van der Waals surface area contributed by atoms with Crippen molar-refractivity contribution in [2.45, 2.75) is 52.4 Å². The second kappa shape index (κ2) is 9.42. The van der Waals surface area contributed by atoms with Crippen molar-refractivity contribution in [2.75, 3.05) is 19.8 Å². The molecule has 1 aromatic carbocycles. The number of benzene rings is 1. The summed E-state index contributed by atoms with van der Waals surface area (Å²) in [6.07, 6.45) is 3.29. The van der Waals surface area contributed by atoms with Crippen molar-refractivity contribution in [3.05, 3.63) is 58.9 Å². The minimum atomic E-state index is -0.742. The molecule has 3 heterocycles. The maximum atomic E-state index is 15.2. The van der Waals surface area contributed by atoms with E-state index in [-0.39, 0.29) is 11.7 Å². The van der Waals surface area contributed by atoms with Gasteiger partial charge in [-0.1, -0.05) is 13.8 Å². The molecule has 166 valence electrons. The highest BCUT2D eigenvalue weighted by Crippen LogP contribution is 2.34. The Labute approximate surface area is 181 Å². The molecular formula is C24H28F2N2O3. The zero-order chi connectivity index (χ0) is 22.0. The smallest absolute Gasteiger partial charge is 0.184 e. The van der Waals surface area contributed by atoms with Gasteiger partial charge in [-0.25, -0.2) is 13.8 Å². The van der Waals surface area contributed by atoms with Crippen LogP contribution in [0.3, 0.4) is 0 Å². The average molecular weight is 430 g/mol. The van der Waals surface area contributed by atoms with Crippen LogP contribution in [0.2, 0.25) is 0 Å². The molecule has 1 aliphatic rings. The summed E-state index contributed by atoms with van der Waals surface area (Å²) in [5.41, 5.74) is 2.91. The van der Waals surface area contributed by atoms with Crippen molar-refractivity contribution < 1.29 is 23.0 Å². The molecule has 3 aromatic rings. The average Bonchev–Trinajstić information content (AvgIpc) is 3.39. The molecule has 4 rings (SSSR count). The van der Waals surface area contributed by atoms with Crippen LogP contribution in [0.1, 0.15) is 49.8 Å². The van der Waals surface area contributed by atoms with Gasteiger partial charge in [0.05, 0.1) is 36.3 Å². The molecule has 31 heavy (non-hydrogen) atoms. The fourth-order valence-corrected chi connectivity index (χ4v) is 3.92. The maximum absolute atomic E-state index is 15.2. The zero-order valence-corrected chi connectivity index (χ0v) is 18.2. The van der Waals surface area contributed by atoms with E-state index in [9.17, 15) is 0 Å². The fourth-order valence-electron chi connectivity index (χ4n) is 3.92. The van der Waals surface area contributed by atoms with Crippen LogP contribution in [0.25, 0.3) is 16.9 Å². The summed E-state index contributed by atoms with van der Waals surface area (Å²) in [6.45, 7) is 7.51. The quantitative estimate of drug-likeness (QED) is 0.481. The Bertz CT molecular complexity index is 1040. The van der Waals surface area contributed by atoms with Crippen molar-refractivity contribution in [3.63, 3.8) is 0 Å². The van der Waals surface area contributed by atoms with Crippen LogP contribution in [-0.2, 0) is 20.6 Å². The molecule has 1 unspecified atom stereocenters. The summed E-state index contributed by atoms with van der Waals surface area (Å²) >= 11 is 0. The van der Waals surface area contributed by atoms with Crippen molar-refractivity contribution in [3.8, 4) is 11.3 Å². The maximum Gasteiger partial charge on any atom is 0.184 e. The lowest BCUT2D eigenvalue weighted by Gasteiger charge is -2.17. The summed E-state index contributed by atoms with van der Waals surface area (Å²) in [4.78, 5) is 4.63. The predicted octanol–water partition coefficient (Wildman–Crippen LogP) is 5.38. The monoisotopic (exact) mass is 430 g/mol. The van der Waals surface area contributed by atoms with Gasteiger partial charge in [-0.2, -0.15) is 0 Å². The highest BCUT2D eigenvalue weighted by Gasteiger charge is 2.26. The van der Waals surface area contributed by atoms with E-state index in [1.54, 1.807) is 0 Å². The minimum absolute atomic E-state index is 0.0643. The van der Waals surface area contributed by atoms with Gasteiger partial charge in [0.1, 0.15) is 17.3 Å². The van der Waals surface area contributed by atoms with Crippen molar-refractivity contribution in [2.24, 2.45) is 0 Å². The number of aryl methyl sites for hydroxylation is 1. The van der Waals surface area contributed by atoms with E-state index in [0.717, 1.165) is 24.1 Å². The second-order valence-corrected chi connectivity index (χ2v) is 7.88. The standard InChI is InChI=1S/C24H28F2N2O3/c1-4-8-29-17(5-2)14-20-23(27-21-11-15(3)6-7-28(20)21)22-18(25)12-16(13-19(22)26)24-30-9-10-31-24/h6-7,11-13,17,24H,4-5,8-10,14H2,1-3H3. The number of ether oxygens (including phenoxy) is 3. The van der Waals surface area contributed by atoms with Gasteiger partial charge in [0.2, 0.25) is 0 Å². The molecule has 7 heteroatoms. The molecule has 0 radical (unpaired) electrons. The third-order valence-electron chi connectivity index (χ3n) is 5.51.